The standard InChI is InChI=1S/C16H23N3.HI/c17-16(18-10-12-3-1-4-12)19-11-13-7-8-14-5-2-6-15(14)9-13;/h7-9,12H,1-6,10-11H2,(H3,17,18,19);1H. The van der Waals surface area contributed by atoms with Gasteiger partial charge in [-0.2, -0.15) is 0 Å². The summed E-state index contributed by atoms with van der Waals surface area (Å²) in [4.78, 5) is 4.43. The summed E-state index contributed by atoms with van der Waals surface area (Å²) in [6.45, 7) is 1.68. The lowest BCUT2D eigenvalue weighted by Gasteiger charge is -2.25. The van der Waals surface area contributed by atoms with Crippen molar-refractivity contribution in [2.45, 2.75) is 45.1 Å². The molecule has 0 amide bonds. The fourth-order valence-electron chi connectivity index (χ4n) is 2.90. The van der Waals surface area contributed by atoms with Gasteiger partial charge in [0.05, 0.1) is 6.54 Å². The molecule has 3 N–H and O–H groups in total. The van der Waals surface area contributed by atoms with Crippen molar-refractivity contribution < 1.29 is 0 Å². The molecule has 1 aromatic carbocycles. The topological polar surface area (TPSA) is 50.4 Å². The van der Waals surface area contributed by atoms with Gasteiger partial charge in [0, 0.05) is 6.54 Å². The van der Waals surface area contributed by atoms with Crippen LogP contribution in [0.4, 0.5) is 0 Å². The van der Waals surface area contributed by atoms with Gasteiger partial charge in [-0.05, 0) is 54.7 Å². The van der Waals surface area contributed by atoms with E-state index in [4.69, 9.17) is 5.73 Å². The second kappa shape index (κ2) is 7.29. The van der Waals surface area contributed by atoms with Crippen LogP contribution in [0.15, 0.2) is 23.2 Å². The number of hydrogen-bond donors (Lipinski definition) is 2. The molecule has 2 aliphatic carbocycles. The number of hydrogen-bond acceptors (Lipinski definition) is 1. The zero-order valence-electron chi connectivity index (χ0n) is 11.9. The third-order valence-electron chi connectivity index (χ3n) is 4.39. The highest BCUT2D eigenvalue weighted by atomic mass is 127. The van der Waals surface area contributed by atoms with E-state index >= 15 is 0 Å². The second-order valence-electron chi connectivity index (χ2n) is 5.84. The molecule has 0 spiro atoms. The number of guanidine groups is 1. The minimum Gasteiger partial charge on any atom is -0.370 e. The molecule has 3 nitrogen and oxygen atoms in total. The van der Waals surface area contributed by atoms with Crippen LogP contribution in [0.5, 0.6) is 0 Å². The van der Waals surface area contributed by atoms with Crippen LogP contribution in [0.25, 0.3) is 0 Å². The molecule has 0 saturated heterocycles. The van der Waals surface area contributed by atoms with E-state index in [0.29, 0.717) is 12.5 Å². The fourth-order valence-corrected chi connectivity index (χ4v) is 2.90. The Bertz CT molecular complexity index is 481. The van der Waals surface area contributed by atoms with Crippen LogP contribution in [0.2, 0.25) is 0 Å². The maximum absolute atomic E-state index is 5.90. The highest BCUT2D eigenvalue weighted by Crippen LogP contribution is 2.25. The van der Waals surface area contributed by atoms with Crippen LogP contribution in [-0.2, 0) is 19.4 Å². The second-order valence-corrected chi connectivity index (χ2v) is 5.84. The molecule has 4 heteroatoms. The van der Waals surface area contributed by atoms with Crippen LogP contribution >= 0.6 is 24.0 Å². The first-order valence-electron chi connectivity index (χ1n) is 7.46. The van der Waals surface area contributed by atoms with Crippen LogP contribution in [0.1, 0.15) is 42.4 Å². The zero-order chi connectivity index (χ0) is 13.1. The van der Waals surface area contributed by atoms with Gasteiger partial charge in [-0.3, -0.25) is 0 Å². The van der Waals surface area contributed by atoms with Gasteiger partial charge in [-0.15, -0.1) is 24.0 Å². The molecule has 20 heavy (non-hydrogen) atoms. The average Bonchev–Trinajstić information content (AvgIpc) is 2.81. The zero-order valence-corrected chi connectivity index (χ0v) is 14.2. The predicted octanol–water partition coefficient (Wildman–Crippen LogP) is 3.00. The molecule has 0 aliphatic heterocycles. The SMILES string of the molecule is I.NC(=NCc1ccc2c(c1)CCC2)NCC1CCC1. The molecular weight excluding hydrogens is 361 g/mol. The van der Waals surface area contributed by atoms with Crippen molar-refractivity contribution in [3.63, 3.8) is 0 Å². The summed E-state index contributed by atoms with van der Waals surface area (Å²) in [6, 6.07) is 6.74. The first-order chi connectivity index (χ1) is 9.31. The van der Waals surface area contributed by atoms with E-state index in [1.807, 2.05) is 0 Å². The maximum Gasteiger partial charge on any atom is 0.188 e. The van der Waals surface area contributed by atoms with Gasteiger partial charge in [-0.1, -0.05) is 24.6 Å². The lowest BCUT2D eigenvalue weighted by Crippen LogP contribution is -2.37. The normalized spacial score (nSPS) is 18.1. The number of fused-ring (bicyclic) bond motifs is 1. The number of rotatable bonds is 4. The third-order valence-corrected chi connectivity index (χ3v) is 4.39. The van der Waals surface area contributed by atoms with Gasteiger partial charge in [-0.25, -0.2) is 4.99 Å². The van der Waals surface area contributed by atoms with Gasteiger partial charge in [0.2, 0.25) is 0 Å². The molecule has 3 rings (SSSR count). The van der Waals surface area contributed by atoms with Crippen molar-refractivity contribution in [1.82, 2.24) is 5.32 Å². The number of nitrogens with two attached hydrogens (primary N) is 1. The van der Waals surface area contributed by atoms with Gasteiger partial charge < -0.3 is 11.1 Å². The first kappa shape index (κ1) is 15.6. The molecular formula is C16H24IN3. The number of halogens is 1. The highest BCUT2D eigenvalue weighted by Gasteiger charge is 2.16. The Hall–Kier alpha value is -0.780. The van der Waals surface area contributed by atoms with Crippen molar-refractivity contribution in [1.29, 1.82) is 0 Å². The van der Waals surface area contributed by atoms with Crippen molar-refractivity contribution in [3.05, 3.63) is 34.9 Å². The highest BCUT2D eigenvalue weighted by molar-refractivity contribution is 14.0. The number of aryl methyl sites for hydroxylation is 2. The molecule has 0 aromatic heterocycles. The maximum atomic E-state index is 5.90. The largest absolute Gasteiger partial charge is 0.370 e. The lowest BCUT2D eigenvalue weighted by atomic mass is 9.85. The molecule has 0 bridgehead atoms. The van der Waals surface area contributed by atoms with Crippen molar-refractivity contribution in [2.24, 2.45) is 16.6 Å². The molecule has 0 unspecified atom stereocenters. The molecule has 1 saturated carbocycles. The molecule has 0 radical (unpaired) electrons. The number of benzene rings is 1. The summed E-state index contributed by atoms with van der Waals surface area (Å²) >= 11 is 0. The van der Waals surface area contributed by atoms with Gasteiger partial charge in [0.1, 0.15) is 0 Å². The van der Waals surface area contributed by atoms with E-state index in [-0.39, 0.29) is 24.0 Å². The molecule has 110 valence electrons. The van der Waals surface area contributed by atoms with Gasteiger partial charge in [0.15, 0.2) is 5.96 Å². The molecule has 1 aromatic rings. The third kappa shape index (κ3) is 3.87. The Kier molecular flexibility index (Phi) is 5.69. The van der Waals surface area contributed by atoms with Crippen molar-refractivity contribution in [3.8, 4) is 0 Å². The molecule has 0 atom stereocenters. The Morgan fingerprint density at radius 3 is 2.75 bits per heavy atom. The Morgan fingerprint density at radius 2 is 2.00 bits per heavy atom. The Morgan fingerprint density at radius 1 is 1.20 bits per heavy atom. The van der Waals surface area contributed by atoms with E-state index in [0.717, 1.165) is 12.5 Å². The molecule has 0 heterocycles. The summed E-state index contributed by atoms with van der Waals surface area (Å²) in [6.07, 6.45) is 7.81. The first-order valence-corrected chi connectivity index (χ1v) is 7.46. The minimum absolute atomic E-state index is 0. The van der Waals surface area contributed by atoms with E-state index in [1.165, 1.54) is 55.2 Å². The smallest absolute Gasteiger partial charge is 0.188 e. The van der Waals surface area contributed by atoms with Crippen molar-refractivity contribution >= 4 is 29.9 Å². The van der Waals surface area contributed by atoms with E-state index in [1.54, 1.807) is 0 Å². The van der Waals surface area contributed by atoms with Crippen LogP contribution in [0.3, 0.4) is 0 Å². The van der Waals surface area contributed by atoms with E-state index in [9.17, 15) is 0 Å². The predicted molar refractivity (Wildman–Crippen MR) is 94.6 cm³/mol. The quantitative estimate of drug-likeness (QED) is 0.476. The number of aliphatic imine (C=N–C) groups is 1. The van der Waals surface area contributed by atoms with E-state index in [2.05, 4.69) is 28.5 Å². The van der Waals surface area contributed by atoms with Crippen molar-refractivity contribution in [2.75, 3.05) is 6.54 Å². The summed E-state index contributed by atoms with van der Waals surface area (Å²) in [5, 5.41) is 3.23. The monoisotopic (exact) mass is 385 g/mol. The molecule has 2 aliphatic rings. The summed E-state index contributed by atoms with van der Waals surface area (Å²) in [5.41, 5.74) is 10.2. The average molecular weight is 385 g/mol. The molecule has 1 fully saturated rings. The summed E-state index contributed by atoms with van der Waals surface area (Å²) in [5.74, 6) is 1.40. The minimum atomic E-state index is 0. The Labute approximate surface area is 138 Å². The summed E-state index contributed by atoms with van der Waals surface area (Å²) in [7, 11) is 0. The fraction of sp³-hybridized carbons (Fsp3) is 0.562. The van der Waals surface area contributed by atoms with Gasteiger partial charge in [0.25, 0.3) is 0 Å². The van der Waals surface area contributed by atoms with Crippen LogP contribution < -0.4 is 11.1 Å². The number of nitrogens with zero attached hydrogens (tertiary/aromatic N) is 1. The number of nitrogens with one attached hydrogen (secondary N) is 1. The van der Waals surface area contributed by atoms with Gasteiger partial charge >= 0.3 is 0 Å². The van der Waals surface area contributed by atoms with Crippen LogP contribution in [0, 0.1) is 5.92 Å². The van der Waals surface area contributed by atoms with Crippen LogP contribution in [-0.4, -0.2) is 12.5 Å². The summed E-state index contributed by atoms with van der Waals surface area (Å²) < 4.78 is 0. The van der Waals surface area contributed by atoms with E-state index < -0.39 is 0 Å². The Balaban J connectivity index is 0.00000147. The lowest BCUT2D eigenvalue weighted by molar-refractivity contribution is 0.315.